The predicted molar refractivity (Wildman–Crippen MR) is 90.3 cm³/mol. The van der Waals surface area contributed by atoms with E-state index in [4.69, 9.17) is 14.3 Å². The summed E-state index contributed by atoms with van der Waals surface area (Å²) in [5.41, 5.74) is 1.32. The summed E-state index contributed by atoms with van der Waals surface area (Å²) in [4.78, 5) is 6.20. The molecule has 4 aliphatic rings. The van der Waals surface area contributed by atoms with Gasteiger partial charge in [0.1, 0.15) is 0 Å². The summed E-state index contributed by atoms with van der Waals surface area (Å²) in [5.74, 6) is -0.290. The highest BCUT2D eigenvalue weighted by Crippen LogP contribution is 2.48. The van der Waals surface area contributed by atoms with Crippen LogP contribution in [0.5, 0.6) is 0 Å². The van der Waals surface area contributed by atoms with E-state index >= 15 is 0 Å². The van der Waals surface area contributed by atoms with Crippen molar-refractivity contribution >= 4 is 0 Å². The highest BCUT2D eigenvalue weighted by Gasteiger charge is 2.59. The van der Waals surface area contributed by atoms with E-state index in [-0.39, 0.29) is 11.3 Å². The molecule has 3 saturated heterocycles. The second-order valence-electron chi connectivity index (χ2n) is 8.11. The number of nitrogens with zero attached hydrogens (tertiary/aromatic N) is 1. The summed E-state index contributed by atoms with van der Waals surface area (Å²) >= 11 is 0. The molecule has 1 unspecified atom stereocenters. The number of hydrogen-bond donors (Lipinski definition) is 0. The minimum atomic E-state index is -0.290. The minimum Gasteiger partial charge on any atom is -0.348 e. The van der Waals surface area contributed by atoms with E-state index in [0.29, 0.717) is 12.1 Å². The van der Waals surface area contributed by atoms with Crippen molar-refractivity contribution in [1.29, 1.82) is 0 Å². The van der Waals surface area contributed by atoms with Gasteiger partial charge in [-0.15, -0.1) is 0 Å². The van der Waals surface area contributed by atoms with Gasteiger partial charge in [-0.3, -0.25) is 4.84 Å². The highest BCUT2D eigenvalue weighted by molar-refractivity contribution is 5.17. The Labute approximate surface area is 144 Å². The van der Waals surface area contributed by atoms with Crippen LogP contribution >= 0.6 is 0 Å². The van der Waals surface area contributed by atoms with E-state index < -0.39 is 0 Å². The third kappa shape index (κ3) is 2.51. The summed E-state index contributed by atoms with van der Waals surface area (Å²) in [6, 6.07) is 11.2. The standard InChI is InChI=1S/C20H27NO3/c1-3-7-16(8-4-1)11-17-12-18-13-19(21(17)24-18)14-22-20(23-15-19)9-5-2-6-10-20/h1,3-4,7-8,17-18H,2,5-6,9-15H2/t17-,18+/m1/s1. The van der Waals surface area contributed by atoms with Crippen molar-refractivity contribution in [1.82, 2.24) is 5.06 Å². The molecule has 4 heteroatoms. The zero-order valence-electron chi connectivity index (χ0n) is 14.3. The average Bonchev–Trinajstić information content (AvgIpc) is 3.18. The second kappa shape index (κ2) is 5.80. The first-order chi connectivity index (χ1) is 11.8. The van der Waals surface area contributed by atoms with Crippen LogP contribution in [-0.4, -0.2) is 41.7 Å². The Bertz CT molecular complexity index is 574. The van der Waals surface area contributed by atoms with Crippen LogP contribution in [0.1, 0.15) is 50.5 Å². The molecule has 4 nitrogen and oxygen atoms in total. The molecule has 4 fully saturated rings. The maximum Gasteiger partial charge on any atom is 0.168 e. The fourth-order valence-corrected chi connectivity index (χ4v) is 5.11. The largest absolute Gasteiger partial charge is 0.348 e. The van der Waals surface area contributed by atoms with Gasteiger partial charge in [0.2, 0.25) is 0 Å². The van der Waals surface area contributed by atoms with Gasteiger partial charge in [-0.2, -0.15) is 5.06 Å². The van der Waals surface area contributed by atoms with Gasteiger partial charge in [-0.05, 0) is 31.2 Å². The van der Waals surface area contributed by atoms with Crippen LogP contribution in [-0.2, 0) is 20.7 Å². The van der Waals surface area contributed by atoms with Crippen LogP contribution in [0.3, 0.4) is 0 Å². The molecule has 0 radical (unpaired) electrons. The van der Waals surface area contributed by atoms with Crippen molar-refractivity contribution in [2.45, 2.75) is 74.8 Å². The number of benzene rings is 1. The Morgan fingerprint density at radius 3 is 2.46 bits per heavy atom. The molecule has 3 atom stereocenters. The molecule has 24 heavy (non-hydrogen) atoms. The zero-order chi connectivity index (χ0) is 16.0. The van der Waals surface area contributed by atoms with Crippen LogP contribution in [0.2, 0.25) is 0 Å². The number of hydroxylamine groups is 2. The lowest BCUT2D eigenvalue weighted by atomic mass is 9.83. The summed E-state index contributed by atoms with van der Waals surface area (Å²) in [7, 11) is 0. The van der Waals surface area contributed by atoms with Crippen molar-refractivity contribution in [3.05, 3.63) is 35.9 Å². The topological polar surface area (TPSA) is 30.9 Å². The Kier molecular flexibility index (Phi) is 3.71. The Balaban J connectivity index is 1.29. The van der Waals surface area contributed by atoms with E-state index in [1.54, 1.807) is 0 Å². The molecule has 1 aromatic rings. The summed E-state index contributed by atoms with van der Waals surface area (Å²) in [6.07, 6.45) is 9.45. The lowest BCUT2D eigenvalue weighted by molar-refractivity contribution is -0.333. The molecule has 0 aromatic heterocycles. The van der Waals surface area contributed by atoms with Crippen molar-refractivity contribution < 1.29 is 14.3 Å². The smallest absolute Gasteiger partial charge is 0.168 e. The number of piperidine rings is 1. The van der Waals surface area contributed by atoms with Gasteiger partial charge >= 0.3 is 0 Å². The second-order valence-corrected chi connectivity index (χ2v) is 8.11. The number of hydrogen-bond acceptors (Lipinski definition) is 4. The Morgan fingerprint density at radius 1 is 1.00 bits per heavy atom. The molecule has 3 aliphatic heterocycles. The molecule has 3 heterocycles. The third-order valence-electron chi connectivity index (χ3n) is 6.34. The van der Waals surface area contributed by atoms with Crippen LogP contribution in [0, 0.1) is 0 Å². The Hall–Kier alpha value is -0.940. The van der Waals surface area contributed by atoms with Gasteiger partial charge < -0.3 is 9.47 Å². The molecule has 1 saturated carbocycles. The third-order valence-corrected chi connectivity index (χ3v) is 6.34. The number of fused-ring (bicyclic) bond motifs is 3. The van der Waals surface area contributed by atoms with Gasteiger partial charge in [0.05, 0.1) is 24.9 Å². The van der Waals surface area contributed by atoms with E-state index in [1.807, 2.05) is 0 Å². The van der Waals surface area contributed by atoms with Gasteiger partial charge in [0, 0.05) is 25.3 Å². The van der Waals surface area contributed by atoms with E-state index in [9.17, 15) is 0 Å². The lowest BCUT2D eigenvalue weighted by Gasteiger charge is -2.50. The first-order valence-corrected chi connectivity index (χ1v) is 9.55. The first kappa shape index (κ1) is 15.3. The molecule has 0 N–H and O–H groups in total. The van der Waals surface area contributed by atoms with E-state index in [2.05, 4.69) is 35.4 Å². The molecule has 2 bridgehead atoms. The van der Waals surface area contributed by atoms with Gasteiger partial charge in [-0.1, -0.05) is 36.8 Å². The molecule has 5 rings (SSSR count). The summed E-state index contributed by atoms with van der Waals surface area (Å²) in [5, 5.41) is 2.25. The fourth-order valence-electron chi connectivity index (χ4n) is 5.11. The summed E-state index contributed by atoms with van der Waals surface area (Å²) in [6.45, 7) is 1.52. The lowest BCUT2D eigenvalue weighted by Crippen LogP contribution is -2.62. The average molecular weight is 329 g/mol. The Morgan fingerprint density at radius 2 is 1.75 bits per heavy atom. The molecule has 0 amide bonds. The van der Waals surface area contributed by atoms with Crippen LogP contribution < -0.4 is 0 Å². The first-order valence-electron chi connectivity index (χ1n) is 9.55. The molecule has 130 valence electrons. The SMILES string of the molecule is c1ccc(C[C@@H]2C[C@H]3CC4(COC5(CCCCC5)OC4)N2O3)cc1. The molecular weight excluding hydrogens is 302 g/mol. The quantitative estimate of drug-likeness (QED) is 0.831. The zero-order valence-corrected chi connectivity index (χ0v) is 14.3. The summed E-state index contributed by atoms with van der Waals surface area (Å²) < 4.78 is 12.7. The van der Waals surface area contributed by atoms with Crippen LogP contribution in [0.4, 0.5) is 0 Å². The van der Waals surface area contributed by atoms with Crippen molar-refractivity contribution in [2.24, 2.45) is 0 Å². The predicted octanol–water partition coefficient (Wildman–Crippen LogP) is 3.45. The van der Waals surface area contributed by atoms with E-state index in [1.165, 1.54) is 24.8 Å². The fraction of sp³-hybridized carbons (Fsp3) is 0.700. The number of rotatable bonds is 2. The highest BCUT2D eigenvalue weighted by atomic mass is 16.7. The van der Waals surface area contributed by atoms with Gasteiger partial charge in [-0.25, -0.2) is 0 Å². The number of ether oxygens (including phenoxy) is 2. The molecule has 2 spiro atoms. The van der Waals surface area contributed by atoms with Crippen molar-refractivity contribution in [3.8, 4) is 0 Å². The molecule has 1 aliphatic carbocycles. The minimum absolute atomic E-state index is 0.0644. The van der Waals surface area contributed by atoms with Crippen molar-refractivity contribution in [3.63, 3.8) is 0 Å². The van der Waals surface area contributed by atoms with E-state index in [0.717, 1.165) is 45.3 Å². The normalized spacial score (nSPS) is 36.4. The maximum atomic E-state index is 6.35. The van der Waals surface area contributed by atoms with Crippen molar-refractivity contribution in [2.75, 3.05) is 13.2 Å². The molecular formula is C20H27NO3. The van der Waals surface area contributed by atoms with Gasteiger partial charge in [0.15, 0.2) is 5.79 Å². The maximum absolute atomic E-state index is 6.35. The monoisotopic (exact) mass is 329 g/mol. The van der Waals surface area contributed by atoms with Crippen LogP contribution in [0.15, 0.2) is 30.3 Å². The molecule has 1 aromatic carbocycles. The van der Waals surface area contributed by atoms with Crippen LogP contribution in [0.25, 0.3) is 0 Å². The van der Waals surface area contributed by atoms with Gasteiger partial charge in [0.25, 0.3) is 0 Å².